The fraction of sp³-hybridized carbons (Fsp3) is 0. The average Bonchev–Trinajstić information content (AvgIpc) is 2.53. The monoisotopic (exact) mass is 216 g/mol. The van der Waals surface area contributed by atoms with Gasteiger partial charge in [-0.3, -0.25) is 5.73 Å². The molecule has 6 nitrogen and oxygen atoms in total. The molecule has 1 heterocycles. The SMILES string of the molecule is Nc1[nH+]ccs1.O=C([O-])/C=C\C(=O)O. The Kier molecular flexibility index (Phi) is 5.72. The molecule has 0 saturated heterocycles. The number of nitrogens with one attached hydrogen (secondary N) is 1. The smallest absolute Gasteiger partial charge is 0.329 e. The van der Waals surface area contributed by atoms with Gasteiger partial charge in [-0.15, -0.1) is 0 Å². The van der Waals surface area contributed by atoms with Gasteiger partial charge in [0.15, 0.2) is 0 Å². The second-order valence-electron chi connectivity index (χ2n) is 1.92. The molecule has 1 rings (SSSR count). The Morgan fingerprint density at radius 1 is 1.57 bits per heavy atom. The number of carboxylic acids is 2. The number of carbonyl (C=O) groups is 2. The second-order valence-corrected chi connectivity index (χ2v) is 2.87. The van der Waals surface area contributed by atoms with Crippen LogP contribution in [0, 0.1) is 0 Å². The number of carboxylic acid groups (broad SMARTS) is 2. The van der Waals surface area contributed by atoms with Crippen LogP contribution in [0.3, 0.4) is 0 Å². The van der Waals surface area contributed by atoms with Gasteiger partial charge in [0.2, 0.25) is 0 Å². The molecule has 4 N–H and O–H groups in total. The molecule has 14 heavy (non-hydrogen) atoms. The highest BCUT2D eigenvalue weighted by atomic mass is 32.1. The maximum Gasteiger partial charge on any atom is 0.329 e. The van der Waals surface area contributed by atoms with Gasteiger partial charge in [0.1, 0.15) is 0 Å². The number of H-pyrrole nitrogens is 1. The fourth-order valence-electron chi connectivity index (χ4n) is 0.397. The van der Waals surface area contributed by atoms with Gasteiger partial charge in [-0.05, 0) is 6.08 Å². The normalized spacial score (nSPS) is 9.14. The number of nitrogen functional groups attached to an aromatic ring is 1. The highest BCUT2D eigenvalue weighted by Crippen LogP contribution is 1.96. The predicted molar refractivity (Wildman–Crippen MR) is 47.1 cm³/mol. The lowest BCUT2D eigenvalue weighted by Gasteiger charge is -1.85. The Hall–Kier alpha value is -1.89. The van der Waals surface area contributed by atoms with Crippen molar-refractivity contribution in [2.24, 2.45) is 0 Å². The molecule has 0 spiro atoms. The summed E-state index contributed by atoms with van der Waals surface area (Å²) in [6.45, 7) is 0. The van der Waals surface area contributed by atoms with Crippen molar-refractivity contribution >= 4 is 28.4 Å². The molecule has 0 aliphatic heterocycles. The van der Waals surface area contributed by atoms with E-state index in [1.54, 1.807) is 6.20 Å². The van der Waals surface area contributed by atoms with Crippen molar-refractivity contribution in [1.82, 2.24) is 0 Å². The van der Waals surface area contributed by atoms with Crippen molar-refractivity contribution in [3.8, 4) is 0 Å². The van der Waals surface area contributed by atoms with E-state index in [0.717, 1.165) is 5.13 Å². The van der Waals surface area contributed by atoms with Gasteiger partial charge in [-0.2, -0.15) is 0 Å². The predicted octanol–water partition coefficient (Wildman–Crippen LogP) is -1.48. The Bertz CT molecular complexity index is 304. The molecule has 0 bridgehead atoms. The van der Waals surface area contributed by atoms with E-state index in [-0.39, 0.29) is 0 Å². The van der Waals surface area contributed by atoms with Crippen LogP contribution in [-0.2, 0) is 9.59 Å². The molecule has 0 unspecified atom stereocenters. The highest BCUT2D eigenvalue weighted by Gasteiger charge is 1.84. The van der Waals surface area contributed by atoms with Gasteiger partial charge >= 0.3 is 11.1 Å². The van der Waals surface area contributed by atoms with Crippen LogP contribution >= 0.6 is 11.3 Å². The van der Waals surface area contributed by atoms with E-state index in [1.165, 1.54) is 11.3 Å². The molecule has 0 saturated carbocycles. The number of aromatic nitrogens is 1. The maximum absolute atomic E-state index is 9.53. The van der Waals surface area contributed by atoms with Crippen LogP contribution in [0.5, 0.6) is 0 Å². The van der Waals surface area contributed by atoms with Gasteiger partial charge in [0, 0.05) is 11.5 Å². The number of thiazole rings is 1. The average molecular weight is 216 g/mol. The summed E-state index contributed by atoms with van der Waals surface area (Å²) in [4.78, 5) is 21.8. The fourth-order valence-corrected chi connectivity index (χ4v) is 0.816. The zero-order valence-electron chi connectivity index (χ0n) is 6.97. The minimum Gasteiger partial charge on any atom is -0.545 e. The minimum atomic E-state index is -1.51. The first-order chi connectivity index (χ1) is 6.52. The zero-order chi connectivity index (χ0) is 11.0. The van der Waals surface area contributed by atoms with Crippen molar-refractivity contribution < 1.29 is 24.8 Å². The summed E-state index contributed by atoms with van der Waals surface area (Å²) in [6.07, 6.45) is 2.75. The van der Waals surface area contributed by atoms with E-state index >= 15 is 0 Å². The molecule has 0 fully saturated rings. The number of aliphatic carboxylic acids is 2. The number of aromatic amines is 1. The van der Waals surface area contributed by atoms with Crippen molar-refractivity contribution in [2.75, 3.05) is 5.73 Å². The first-order valence-corrected chi connectivity index (χ1v) is 4.23. The maximum atomic E-state index is 9.53. The summed E-state index contributed by atoms with van der Waals surface area (Å²) in [5, 5.41) is 19.9. The largest absolute Gasteiger partial charge is 0.545 e. The lowest BCUT2D eigenvalue weighted by Crippen LogP contribution is -2.19. The summed E-state index contributed by atoms with van der Waals surface area (Å²) in [7, 11) is 0. The third kappa shape index (κ3) is 8.21. The van der Waals surface area contributed by atoms with Gasteiger partial charge in [-0.25, -0.2) is 9.78 Å². The highest BCUT2D eigenvalue weighted by molar-refractivity contribution is 7.12. The number of carbonyl (C=O) groups excluding carboxylic acids is 1. The van der Waals surface area contributed by atoms with Crippen molar-refractivity contribution in [1.29, 1.82) is 0 Å². The number of rotatable bonds is 2. The molecule has 0 radical (unpaired) electrons. The minimum absolute atomic E-state index is 0.447. The van der Waals surface area contributed by atoms with Gasteiger partial charge in [-0.1, -0.05) is 11.3 Å². The first kappa shape index (κ1) is 12.1. The van der Waals surface area contributed by atoms with E-state index < -0.39 is 11.9 Å². The molecule has 76 valence electrons. The summed E-state index contributed by atoms with van der Waals surface area (Å²) in [5.74, 6) is -2.80. The quantitative estimate of drug-likeness (QED) is 0.584. The molecule has 0 atom stereocenters. The van der Waals surface area contributed by atoms with E-state index in [2.05, 4.69) is 4.98 Å². The van der Waals surface area contributed by atoms with Crippen molar-refractivity contribution in [2.45, 2.75) is 0 Å². The molecule has 1 aromatic rings. The van der Waals surface area contributed by atoms with Crippen LogP contribution in [0.15, 0.2) is 23.7 Å². The Labute approximate surface area is 83.3 Å². The molecule has 0 aromatic carbocycles. The third-order valence-corrected chi connectivity index (χ3v) is 1.49. The zero-order valence-corrected chi connectivity index (χ0v) is 7.78. The van der Waals surface area contributed by atoms with Crippen LogP contribution in [0.2, 0.25) is 0 Å². The molecule has 0 aliphatic rings. The van der Waals surface area contributed by atoms with Crippen LogP contribution in [0.1, 0.15) is 0 Å². The van der Waals surface area contributed by atoms with E-state index in [1.807, 2.05) is 5.38 Å². The lowest BCUT2D eigenvalue weighted by atomic mass is 10.5. The van der Waals surface area contributed by atoms with Crippen LogP contribution in [-0.4, -0.2) is 17.0 Å². The molecule has 7 heteroatoms. The summed E-state index contributed by atoms with van der Waals surface area (Å²) >= 11 is 1.50. The van der Waals surface area contributed by atoms with Gasteiger partial charge < -0.3 is 15.0 Å². The third-order valence-electron chi connectivity index (χ3n) is 0.851. The molecule has 0 aliphatic carbocycles. The molecular formula is C7H8N2O4S. The van der Waals surface area contributed by atoms with Crippen LogP contribution in [0.4, 0.5) is 5.13 Å². The summed E-state index contributed by atoms with van der Waals surface area (Å²) in [5.41, 5.74) is 5.24. The van der Waals surface area contributed by atoms with Gasteiger partial charge in [0.25, 0.3) is 0 Å². The molecule has 0 amide bonds. The number of anilines is 1. The first-order valence-electron chi connectivity index (χ1n) is 3.35. The van der Waals surface area contributed by atoms with E-state index in [4.69, 9.17) is 10.8 Å². The topological polar surface area (TPSA) is 118 Å². The summed E-state index contributed by atoms with van der Waals surface area (Å²) < 4.78 is 0. The van der Waals surface area contributed by atoms with Crippen molar-refractivity contribution in [3.05, 3.63) is 23.7 Å². The van der Waals surface area contributed by atoms with Gasteiger partial charge in [0.05, 0.1) is 12.2 Å². The van der Waals surface area contributed by atoms with Crippen LogP contribution < -0.4 is 15.8 Å². The lowest BCUT2D eigenvalue weighted by molar-refractivity contribution is -0.353. The Morgan fingerprint density at radius 2 is 2.21 bits per heavy atom. The molecule has 1 aromatic heterocycles. The standard InChI is InChI=1S/C4H4O4.C3H4N2S/c5-3(6)1-2-4(7)8;4-3-5-1-2-6-3/h1-2H,(H,5,6)(H,7,8);1-2H,(H2,4,5)/b2-1-;. The van der Waals surface area contributed by atoms with Crippen molar-refractivity contribution in [3.63, 3.8) is 0 Å². The number of hydrogen-bond donors (Lipinski definition) is 2. The van der Waals surface area contributed by atoms with Crippen LogP contribution in [0.25, 0.3) is 0 Å². The van der Waals surface area contributed by atoms with E-state index in [0.29, 0.717) is 12.2 Å². The molecular weight excluding hydrogens is 208 g/mol. The second kappa shape index (κ2) is 6.61. The number of hydrogen-bond acceptors (Lipinski definition) is 5. The van der Waals surface area contributed by atoms with E-state index in [9.17, 15) is 14.7 Å². The summed E-state index contributed by atoms with van der Waals surface area (Å²) in [6, 6.07) is 0. The Balaban J connectivity index is 0.000000249. The Morgan fingerprint density at radius 3 is 2.36 bits per heavy atom. The number of nitrogens with two attached hydrogens (primary N) is 1.